The molecule has 1 aromatic carbocycles. The Balaban J connectivity index is 1.96. The van der Waals surface area contributed by atoms with Gasteiger partial charge in [0.25, 0.3) is 5.34 Å². The van der Waals surface area contributed by atoms with Gasteiger partial charge in [0, 0.05) is 19.0 Å². The molecule has 0 radical (unpaired) electrons. The van der Waals surface area contributed by atoms with Crippen LogP contribution in [0.2, 0.25) is 0 Å². The van der Waals surface area contributed by atoms with Gasteiger partial charge >= 0.3 is 14.4 Å². The van der Waals surface area contributed by atoms with Gasteiger partial charge < -0.3 is 20.3 Å². The zero-order valence-electron chi connectivity index (χ0n) is 13.8. The number of unbranched alkanes of at least 4 members (excludes halogenated alkanes) is 1. The van der Waals surface area contributed by atoms with E-state index >= 15 is 0 Å². The fourth-order valence-corrected chi connectivity index (χ4v) is 3.55. The van der Waals surface area contributed by atoms with E-state index in [4.69, 9.17) is 4.74 Å². The number of carbonyl (C=O) groups is 1. The van der Waals surface area contributed by atoms with Gasteiger partial charge in [0.2, 0.25) is 0 Å². The third-order valence-electron chi connectivity index (χ3n) is 4.43. The Morgan fingerprint density at radius 2 is 2.21 bits per heavy atom. The van der Waals surface area contributed by atoms with Gasteiger partial charge in [-0.25, -0.2) is 4.79 Å². The van der Waals surface area contributed by atoms with Crippen LogP contribution in [0.1, 0.15) is 42.1 Å². The molecule has 1 fully saturated rings. The summed E-state index contributed by atoms with van der Waals surface area (Å²) in [7, 11) is -0.834. The molecule has 1 saturated heterocycles. The molecule has 4 atom stereocenters. The van der Waals surface area contributed by atoms with Gasteiger partial charge in [0.05, 0.1) is 12.2 Å². The molecule has 3 N–H and O–H groups in total. The van der Waals surface area contributed by atoms with Gasteiger partial charge in [-0.2, -0.15) is 0 Å². The second kappa shape index (κ2) is 8.67. The molecule has 132 valence electrons. The molecule has 6 nitrogen and oxygen atoms in total. The molecule has 1 aliphatic heterocycles. The summed E-state index contributed by atoms with van der Waals surface area (Å²) < 4.78 is 17.2. The lowest BCUT2D eigenvalue weighted by molar-refractivity contribution is -0.0884. The van der Waals surface area contributed by atoms with Crippen molar-refractivity contribution >= 4 is 14.4 Å². The highest BCUT2D eigenvalue weighted by Gasteiger charge is 2.47. The van der Waals surface area contributed by atoms with Crippen molar-refractivity contribution in [3.63, 3.8) is 0 Å². The number of hydrogen-bond donors (Lipinski definition) is 3. The van der Waals surface area contributed by atoms with E-state index < -0.39 is 25.9 Å². The van der Waals surface area contributed by atoms with Gasteiger partial charge in [-0.1, -0.05) is 36.1 Å². The lowest BCUT2D eigenvalue weighted by Gasteiger charge is -2.34. The van der Waals surface area contributed by atoms with Crippen molar-refractivity contribution in [1.29, 1.82) is 0 Å². The highest BCUT2D eigenvalue weighted by atomic mass is 31.1. The zero-order valence-corrected chi connectivity index (χ0v) is 14.8. The first kappa shape index (κ1) is 19.0. The summed E-state index contributed by atoms with van der Waals surface area (Å²) in [6, 6.07) is 6.87. The molecule has 0 spiro atoms. The van der Waals surface area contributed by atoms with Crippen molar-refractivity contribution in [2.24, 2.45) is 0 Å². The Hall–Kier alpha value is -1.33. The minimum absolute atomic E-state index is 0.0350. The predicted octanol–water partition coefficient (Wildman–Crippen LogP) is 2.19. The van der Waals surface area contributed by atoms with Gasteiger partial charge in [0.1, 0.15) is 6.10 Å². The molecule has 0 amide bonds. The molecule has 1 heterocycles. The summed E-state index contributed by atoms with van der Waals surface area (Å²) in [4.78, 5) is 11.3. The number of hydrogen-bond acceptors (Lipinski definition) is 5. The number of benzene rings is 1. The normalized spacial score (nSPS) is 23.8. The van der Waals surface area contributed by atoms with E-state index in [9.17, 15) is 19.6 Å². The lowest BCUT2D eigenvalue weighted by atomic mass is 9.98. The van der Waals surface area contributed by atoms with E-state index in [1.165, 1.54) is 0 Å². The van der Waals surface area contributed by atoms with Crippen LogP contribution in [0.15, 0.2) is 24.3 Å². The van der Waals surface area contributed by atoms with Crippen LogP contribution in [-0.4, -0.2) is 46.8 Å². The summed E-state index contributed by atoms with van der Waals surface area (Å²) in [6.07, 6.45) is 2.18. The maximum absolute atomic E-state index is 11.5. The van der Waals surface area contributed by atoms with Crippen molar-refractivity contribution in [1.82, 2.24) is 5.32 Å². The average Bonchev–Trinajstić information content (AvgIpc) is 2.60. The molecule has 2 rings (SSSR count). The molecule has 0 aromatic heterocycles. The predicted molar refractivity (Wildman–Crippen MR) is 92.1 cm³/mol. The minimum atomic E-state index is -1.31. The highest BCUT2D eigenvalue weighted by Crippen LogP contribution is 2.33. The van der Waals surface area contributed by atoms with Crippen molar-refractivity contribution in [2.45, 2.75) is 50.1 Å². The lowest BCUT2D eigenvalue weighted by Crippen LogP contribution is -2.55. The summed E-state index contributed by atoms with van der Waals surface area (Å²) in [5, 5.41) is 21.7. The summed E-state index contributed by atoms with van der Waals surface area (Å²) in [6.45, 7) is 2.76. The second-order valence-electron chi connectivity index (χ2n) is 6.22. The van der Waals surface area contributed by atoms with Crippen molar-refractivity contribution < 1.29 is 24.3 Å². The first-order valence-corrected chi connectivity index (χ1v) is 9.19. The minimum Gasteiger partial charge on any atom is -0.478 e. The molecule has 7 heteroatoms. The number of morpholine rings is 1. The molecule has 2 unspecified atom stereocenters. The Labute approximate surface area is 143 Å². The van der Waals surface area contributed by atoms with Crippen molar-refractivity contribution in [2.75, 3.05) is 13.2 Å². The number of carboxylic acids is 1. The highest BCUT2D eigenvalue weighted by molar-refractivity contribution is 7.25. The summed E-state index contributed by atoms with van der Waals surface area (Å²) in [5.74, 6) is -0.943. The number of nitrogens with one attached hydrogen (secondary N) is 1. The van der Waals surface area contributed by atoms with Gasteiger partial charge in [-0.15, -0.1) is 0 Å². The summed E-state index contributed by atoms with van der Waals surface area (Å²) in [5.41, 5.74) is 1.04. The van der Waals surface area contributed by atoms with Crippen molar-refractivity contribution in [3.05, 3.63) is 35.4 Å². The van der Waals surface area contributed by atoms with E-state index in [0.29, 0.717) is 31.6 Å². The molecule has 1 aliphatic rings. The van der Waals surface area contributed by atoms with Crippen LogP contribution < -0.4 is 5.32 Å². The van der Waals surface area contributed by atoms with Crippen LogP contribution in [0.5, 0.6) is 0 Å². The van der Waals surface area contributed by atoms with Gasteiger partial charge in [0.15, 0.2) is 0 Å². The first-order valence-electron chi connectivity index (χ1n) is 8.28. The number of aliphatic hydroxyl groups is 1. The number of aromatic carboxylic acids is 1. The van der Waals surface area contributed by atoms with E-state index in [2.05, 4.69) is 5.32 Å². The Morgan fingerprint density at radius 1 is 1.46 bits per heavy atom. The van der Waals surface area contributed by atoms with E-state index in [1.807, 2.05) is 13.0 Å². The molecular formula is C17H25NO5P+. The van der Waals surface area contributed by atoms with E-state index in [-0.39, 0.29) is 6.04 Å². The Bertz CT molecular complexity index is 574. The fraction of sp³-hybridized carbons (Fsp3) is 0.588. The molecule has 1 aromatic rings. The average molecular weight is 354 g/mol. The monoisotopic (exact) mass is 354 g/mol. The maximum atomic E-state index is 11.5. The van der Waals surface area contributed by atoms with Crippen LogP contribution in [-0.2, 0) is 15.7 Å². The Kier molecular flexibility index (Phi) is 6.87. The largest absolute Gasteiger partial charge is 0.478 e. The third kappa shape index (κ3) is 4.61. The molecule has 0 bridgehead atoms. The van der Waals surface area contributed by atoms with Gasteiger partial charge in [-0.3, -0.25) is 0 Å². The van der Waals surface area contributed by atoms with Crippen LogP contribution in [0.4, 0.5) is 0 Å². The molecule has 24 heavy (non-hydrogen) atoms. The number of rotatable bonds is 8. The third-order valence-corrected chi connectivity index (χ3v) is 5.35. The standard InChI is InChI=1S/C17H24NO5P/c1-2-3-8-17(21,24-22)15-10-18-13(11-23-15)9-12-6-4-5-7-14(12)16(19)20/h4-7,13,15,18,21H,2-3,8-11H2,1H3,(H,19,20)/p+1/t13-,15+,17?/m1/s1. The van der Waals surface area contributed by atoms with E-state index in [0.717, 1.165) is 18.4 Å². The number of ether oxygens (including phenoxy) is 1. The van der Waals surface area contributed by atoms with Gasteiger partial charge in [-0.05, 0) is 24.5 Å². The maximum Gasteiger partial charge on any atom is 0.362 e. The SMILES string of the molecule is CCCCC(O)([PH+]=O)[C@@H]1CN[C@H](Cc2ccccc2C(=O)O)CO1. The van der Waals surface area contributed by atoms with Crippen LogP contribution in [0.25, 0.3) is 0 Å². The fourth-order valence-electron chi connectivity index (χ4n) is 2.96. The first-order chi connectivity index (χ1) is 11.5. The van der Waals surface area contributed by atoms with E-state index in [1.54, 1.807) is 18.2 Å². The van der Waals surface area contributed by atoms with Crippen LogP contribution in [0, 0.1) is 0 Å². The zero-order chi connectivity index (χ0) is 17.6. The smallest absolute Gasteiger partial charge is 0.362 e. The van der Waals surface area contributed by atoms with Crippen LogP contribution >= 0.6 is 8.46 Å². The quantitative estimate of drug-likeness (QED) is 0.620. The molecule has 0 saturated carbocycles. The summed E-state index contributed by atoms with van der Waals surface area (Å²) >= 11 is 0. The van der Waals surface area contributed by atoms with Crippen LogP contribution in [0.3, 0.4) is 0 Å². The second-order valence-corrected chi connectivity index (χ2v) is 7.29. The molecule has 0 aliphatic carbocycles. The molecular weight excluding hydrogens is 329 g/mol. The number of carboxylic acid groups (broad SMARTS) is 1. The van der Waals surface area contributed by atoms with Crippen molar-refractivity contribution in [3.8, 4) is 0 Å². The Morgan fingerprint density at radius 3 is 2.79 bits per heavy atom. The topological polar surface area (TPSA) is 95.9 Å².